The number of carbonyl (C=O) groups excluding carboxylic acids is 2. The van der Waals surface area contributed by atoms with Gasteiger partial charge in [-0.2, -0.15) is 0 Å². The molecule has 6 N–H and O–H groups in total. The van der Waals surface area contributed by atoms with Crippen LogP contribution in [0, 0.1) is 10.7 Å². The molecule has 0 spiro atoms. The molecule has 0 bridgehead atoms. The minimum atomic E-state index is -1.22. The van der Waals surface area contributed by atoms with Gasteiger partial charge in [0.2, 0.25) is 11.8 Å². The Morgan fingerprint density at radius 1 is 0.870 bits per heavy atom. The van der Waals surface area contributed by atoms with Gasteiger partial charge < -0.3 is 31.1 Å². The fourth-order valence-corrected chi connectivity index (χ4v) is 6.07. The molecule has 0 aliphatic carbocycles. The van der Waals surface area contributed by atoms with Crippen LogP contribution in [0.3, 0.4) is 0 Å². The first-order valence-electron chi connectivity index (χ1n) is 6.09. The van der Waals surface area contributed by atoms with Crippen molar-refractivity contribution in [3.05, 3.63) is 16.3 Å². The standard InChI is InChI=1S/C12H13I3N2O6/c13-8-7(4(21)1-18)9(14)12(17-6(23)3-20)10(15)11(8)16-5(22)2-19/h4,18-21H,1-3H2,(H,16,22)(H,17,23). The van der Waals surface area contributed by atoms with E-state index in [1.165, 1.54) is 0 Å². The Morgan fingerprint density at radius 2 is 1.26 bits per heavy atom. The van der Waals surface area contributed by atoms with Gasteiger partial charge in [-0.1, -0.05) is 0 Å². The lowest BCUT2D eigenvalue weighted by atomic mass is 10.1. The lowest BCUT2D eigenvalue weighted by molar-refractivity contribution is -0.119. The number of aliphatic hydroxyl groups excluding tert-OH is 4. The zero-order valence-electron chi connectivity index (χ0n) is 11.4. The number of hydrogen-bond acceptors (Lipinski definition) is 6. The molecule has 0 saturated heterocycles. The SMILES string of the molecule is O=C(CO)Nc1c(I)c(NC(=O)CO)c(I)c(C(O)CO)c1I. The molecule has 8 nitrogen and oxygen atoms in total. The van der Waals surface area contributed by atoms with Crippen LogP contribution >= 0.6 is 67.8 Å². The lowest BCUT2D eigenvalue weighted by Gasteiger charge is -2.22. The third-order valence-corrected chi connectivity index (χ3v) is 5.99. The topological polar surface area (TPSA) is 139 Å². The molecule has 11 heteroatoms. The van der Waals surface area contributed by atoms with Crippen molar-refractivity contribution in [1.82, 2.24) is 0 Å². The highest BCUT2D eigenvalue weighted by Gasteiger charge is 2.25. The van der Waals surface area contributed by atoms with Crippen LogP contribution in [-0.4, -0.2) is 52.1 Å². The first-order chi connectivity index (χ1) is 10.8. The second-order valence-electron chi connectivity index (χ2n) is 4.22. The molecular formula is C12H13I3N2O6. The molecule has 1 atom stereocenters. The Kier molecular flexibility index (Phi) is 8.88. The van der Waals surface area contributed by atoms with Gasteiger partial charge in [-0.25, -0.2) is 0 Å². The van der Waals surface area contributed by atoms with Crippen LogP contribution in [0.15, 0.2) is 0 Å². The van der Waals surface area contributed by atoms with Gasteiger partial charge in [-0.15, -0.1) is 0 Å². The van der Waals surface area contributed by atoms with Crippen molar-refractivity contribution < 1.29 is 30.0 Å². The van der Waals surface area contributed by atoms with E-state index in [0.717, 1.165) is 0 Å². The van der Waals surface area contributed by atoms with Crippen molar-refractivity contribution in [3.8, 4) is 0 Å². The van der Waals surface area contributed by atoms with Crippen molar-refractivity contribution in [2.24, 2.45) is 0 Å². The second-order valence-corrected chi connectivity index (χ2v) is 7.45. The average Bonchev–Trinajstić information content (AvgIpc) is 2.54. The van der Waals surface area contributed by atoms with Gasteiger partial charge in [0.1, 0.15) is 19.3 Å². The number of aliphatic hydroxyl groups is 4. The summed E-state index contributed by atoms with van der Waals surface area (Å²) in [5.41, 5.74) is 0.915. The molecule has 1 aromatic carbocycles. The highest BCUT2D eigenvalue weighted by molar-refractivity contribution is 14.1. The maximum atomic E-state index is 11.5. The Labute approximate surface area is 172 Å². The predicted molar refractivity (Wildman–Crippen MR) is 108 cm³/mol. The normalized spacial score (nSPS) is 12.0. The van der Waals surface area contributed by atoms with Crippen LogP contribution in [0.25, 0.3) is 0 Å². The Balaban J connectivity index is 3.59. The number of carbonyl (C=O) groups is 2. The highest BCUT2D eigenvalue weighted by Crippen LogP contribution is 2.41. The van der Waals surface area contributed by atoms with Gasteiger partial charge in [0.15, 0.2) is 0 Å². The molecule has 0 aromatic heterocycles. The molecule has 128 valence electrons. The van der Waals surface area contributed by atoms with Crippen LogP contribution in [0.1, 0.15) is 11.7 Å². The Morgan fingerprint density at radius 3 is 1.57 bits per heavy atom. The Bertz CT molecular complexity index is 580. The summed E-state index contributed by atoms with van der Waals surface area (Å²) >= 11 is 5.70. The number of anilines is 2. The van der Waals surface area contributed by atoms with E-state index < -0.39 is 37.7 Å². The number of benzene rings is 1. The van der Waals surface area contributed by atoms with E-state index >= 15 is 0 Å². The van der Waals surface area contributed by atoms with E-state index in [9.17, 15) is 19.8 Å². The highest BCUT2D eigenvalue weighted by atomic mass is 127. The minimum absolute atomic E-state index is 0.293. The van der Waals surface area contributed by atoms with Crippen molar-refractivity contribution in [2.75, 3.05) is 30.5 Å². The molecule has 0 saturated carbocycles. The molecule has 0 fully saturated rings. The van der Waals surface area contributed by atoms with Crippen LogP contribution in [0.5, 0.6) is 0 Å². The van der Waals surface area contributed by atoms with Crippen LogP contribution in [-0.2, 0) is 9.59 Å². The third kappa shape index (κ3) is 5.08. The average molecular weight is 662 g/mol. The van der Waals surface area contributed by atoms with E-state index in [0.29, 0.717) is 27.6 Å². The van der Waals surface area contributed by atoms with E-state index in [1.807, 2.05) is 67.8 Å². The van der Waals surface area contributed by atoms with E-state index in [2.05, 4.69) is 10.6 Å². The van der Waals surface area contributed by atoms with E-state index in [4.69, 9.17) is 10.2 Å². The maximum Gasteiger partial charge on any atom is 0.250 e. The summed E-state index contributed by atoms with van der Waals surface area (Å²) in [4.78, 5) is 23.0. The summed E-state index contributed by atoms with van der Waals surface area (Å²) in [5, 5.41) is 42.0. The van der Waals surface area contributed by atoms with Crippen molar-refractivity contribution >= 4 is 91.0 Å². The molecule has 1 unspecified atom stereocenters. The maximum absolute atomic E-state index is 11.5. The fourth-order valence-electron chi connectivity index (χ4n) is 1.64. The van der Waals surface area contributed by atoms with Gasteiger partial charge in [0, 0.05) is 12.7 Å². The number of hydrogen-bond donors (Lipinski definition) is 6. The minimum Gasteiger partial charge on any atom is -0.393 e. The van der Waals surface area contributed by atoms with E-state index in [-0.39, 0.29) is 0 Å². The quantitative estimate of drug-likeness (QED) is 0.244. The molecule has 23 heavy (non-hydrogen) atoms. The summed E-state index contributed by atoms with van der Waals surface area (Å²) in [6, 6.07) is 0. The molecule has 0 radical (unpaired) electrons. The number of amides is 2. The summed E-state index contributed by atoms with van der Waals surface area (Å²) < 4.78 is 1.41. The van der Waals surface area contributed by atoms with Crippen LogP contribution in [0.4, 0.5) is 11.4 Å². The summed E-state index contributed by atoms with van der Waals surface area (Å²) in [7, 11) is 0. The Hall–Kier alpha value is 0.190. The number of halogens is 3. The van der Waals surface area contributed by atoms with Gasteiger partial charge in [-0.05, 0) is 67.8 Å². The smallest absolute Gasteiger partial charge is 0.250 e. The zero-order valence-corrected chi connectivity index (χ0v) is 17.9. The predicted octanol–water partition coefficient (Wildman–Crippen LogP) is 0.388. The lowest BCUT2D eigenvalue weighted by Crippen LogP contribution is -2.23. The van der Waals surface area contributed by atoms with Crippen LogP contribution < -0.4 is 10.6 Å². The van der Waals surface area contributed by atoms with Gasteiger partial charge >= 0.3 is 0 Å². The van der Waals surface area contributed by atoms with E-state index in [1.54, 1.807) is 0 Å². The third-order valence-electron chi connectivity index (χ3n) is 2.67. The number of nitrogens with one attached hydrogen (secondary N) is 2. The zero-order chi connectivity index (χ0) is 17.7. The van der Waals surface area contributed by atoms with Gasteiger partial charge in [0.25, 0.3) is 0 Å². The molecule has 2 amide bonds. The molecular weight excluding hydrogens is 649 g/mol. The summed E-state index contributed by atoms with van der Waals surface area (Å²) in [6.07, 6.45) is -1.22. The fraction of sp³-hybridized carbons (Fsp3) is 0.333. The van der Waals surface area contributed by atoms with Crippen molar-refractivity contribution in [2.45, 2.75) is 6.10 Å². The molecule has 1 rings (SSSR count). The first-order valence-corrected chi connectivity index (χ1v) is 9.32. The van der Waals surface area contributed by atoms with Crippen molar-refractivity contribution in [3.63, 3.8) is 0 Å². The summed E-state index contributed by atoms with van der Waals surface area (Å²) in [5.74, 6) is -1.32. The largest absolute Gasteiger partial charge is 0.393 e. The monoisotopic (exact) mass is 662 g/mol. The van der Waals surface area contributed by atoms with Crippen molar-refractivity contribution in [1.29, 1.82) is 0 Å². The number of rotatable bonds is 6. The molecule has 0 aliphatic rings. The molecule has 1 aromatic rings. The summed E-state index contributed by atoms with van der Waals surface area (Å²) in [6.45, 7) is -2.00. The molecule has 0 heterocycles. The van der Waals surface area contributed by atoms with Gasteiger partial charge in [-0.3, -0.25) is 9.59 Å². The molecule has 0 aliphatic heterocycles. The van der Waals surface area contributed by atoms with Gasteiger partial charge in [0.05, 0.1) is 21.6 Å². The second kappa shape index (κ2) is 9.62. The first kappa shape index (κ1) is 21.2. The van der Waals surface area contributed by atoms with Crippen LogP contribution in [0.2, 0.25) is 0 Å².